The van der Waals surface area contributed by atoms with Crippen LogP contribution >= 0.6 is 22.9 Å². The minimum atomic E-state index is -2.86. The number of carbonyl (C=O) groups is 2. The Hall–Kier alpha value is -3.31. The number of anilines is 2. The number of thiophene rings is 1. The zero-order valence-corrected chi connectivity index (χ0v) is 19.9. The van der Waals surface area contributed by atoms with E-state index in [0.717, 1.165) is 34.9 Å². The zero-order chi connectivity index (χ0) is 25.3. The van der Waals surface area contributed by atoms with Gasteiger partial charge in [-0.15, -0.1) is 11.3 Å². The highest BCUT2D eigenvalue weighted by Crippen LogP contribution is 2.39. The van der Waals surface area contributed by atoms with Crippen molar-refractivity contribution >= 4 is 46.1 Å². The molecular weight excluding hydrogens is 505 g/mol. The van der Waals surface area contributed by atoms with E-state index in [9.17, 15) is 27.6 Å². The minimum Gasteiger partial charge on any atom is -0.370 e. The van der Waals surface area contributed by atoms with E-state index in [4.69, 9.17) is 11.6 Å². The Morgan fingerprint density at radius 1 is 1.20 bits per heavy atom. The maximum absolute atomic E-state index is 13.9. The molecule has 1 aliphatic rings. The van der Waals surface area contributed by atoms with E-state index in [1.54, 1.807) is 31.3 Å². The van der Waals surface area contributed by atoms with Crippen LogP contribution in [-0.2, 0) is 6.54 Å². The molecular formula is C23H20ClF3N4O3S. The third-order valence-corrected chi connectivity index (χ3v) is 6.98. The number of rotatable bonds is 7. The van der Waals surface area contributed by atoms with Gasteiger partial charge in [0, 0.05) is 49.6 Å². The summed E-state index contributed by atoms with van der Waals surface area (Å²) >= 11 is 7.43. The quantitative estimate of drug-likeness (QED) is 0.486. The van der Waals surface area contributed by atoms with Crippen molar-refractivity contribution in [2.24, 2.45) is 0 Å². The largest absolute Gasteiger partial charge is 0.370 e. The number of alkyl halides is 2. The second kappa shape index (κ2) is 10.1. The van der Waals surface area contributed by atoms with Gasteiger partial charge < -0.3 is 20.1 Å². The molecule has 0 unspecified atom stereocenters. The smallest absolute Gasteiger partial charge is 0.286 e. The minimum absolute atomic E-state index is 0.0642. The molecule has 2 N–H and O–H groups in total. The van der Waals surface area contributed by atoms with Crippen molar-refractivity contribution in [2.75, 3.05) is 30.4 Å². The second-order valence-corrected chi connectivity index (χ2v) is 9.60. The summed E-state index contributed by atoms with van der Waals surface area (Å²) in [6.45, 7) is 0.287. The average molecular weight is 525 g/mol. The number of nitrogens with one attached hydrogen (secondary N) is 2. The molecule has 0 saturated carbocycles. The molecule has 1 fully saturated rings. The van der Waals surface area contributed by atoms with Gasteiger partial charge in [-0.25, -0.2) is 13.2 Å². The van der Waals surface area contributed by atoms with Crippen LogP contribution in [0.2, 0.25) is 4.34 Å². The molecule has 1 aromatic carbocycles. The molecule has 2 aromatic heterocycles. The predicted molar refractivity (Wildman–Crippen MR) is 129 cm³/mol. The normalized spacial score (nSPS) is 13.6. The number of nitrogens with zero attached hydrogens (tertiary/aromatic N) is 2. The Kier molecular flexibility index (Phi) is 7.18. The van der Waals surface area contributed by atoms with Crippen LogP contribution in [0.3, 0.4) is 0 Å². The van der Waals surface area contributed by atoms with E-state index in [2.05, 4.69) is 15.5 Å². The van der Waals surface area contributed by atoms with Crippen molar-refractivity contribution < 1.29 is 22.8 Å². The standard InChI is InChI=1S/C23H20ClF3N4O3S/c1-28-21(32)12-3-2-4-15(5-12)30-8-13(9-30)16-7-18(35-20(16)24)22(33)29-14-6-17(25)23(34)31(10-14)11-19(26)27/h2-7,10,13,19H,8-9,11H2,1H3,(H,28,32)(H,29,33). The number of amides is 2. The van der Waals surface area contributed by atoms with Crippen LogP contribution in [0.5, 0.6) is 0 Å². The summed E-state index contributed by atoms with van der Waals surface area (Å²) in [5, 5.41) is 5.02. The van der Waals surface area contributed by atoms with E-state index in [-0.39, 0.29) is 22.4 Å². The fourth-order valence-corrected chi connectivity index (χ4v) is 5.12. The van der Waals surface area contributed by atoms with Gasteiger partial charge in [0.05, 0.1) is 21.4 Å². The van der Waals surface area contributed by atoms with Gasteiger partial charge in [0.2, 0.25) is 0 Å². The summed E-state index contributed by atoms with van der Waals surface area (Å²) in [6, 6.07) is 9.68. The van der Waals surface area contributed by atoms with Crippen molar-refractivity contribution in [1.29, 1.82) is 0 Å². The Morgan fingerprint density at radius 2 is 1.94 bits per heavy atom. The van der Waals surface area contributed by atoms with Crippen molar-refractivity contribution in [3.63, 3.8) is 0 Å². The van der Waals surface area contributed by atoms with Gasteiger partial charge in [-0.2, -0.15) is 0 Å². The zero-order valence-electron chi connectivity index (χ0n) is 18.4. The number of benzene rings is 1. The maximum Gasteiger partial charge on any atom is 0.286 e. The summed E-state index contributed by atoms with van der Waals surface area (Å²) in [5.74, 6) is -1.96. The fraction of sp³-hybridized carbons (Fsp3) is 0.261. The molecule has 4 rings (SSSR count). The molecule has 3 heterocycles. The molecule has 2 amide bonds. The Bertz CT molecular complexity index is 1340. The van der Waals surface area contributed by atoms with E-state index in [0.29, 0.717) is 27.6 Å². The molecule has 35 heavy (non-hydrogen) atoms. The van der Waals surface area contributed by atoms with Gasteiger partial charge >= 0.3 is 0 Å². The molecule has 0 aliphatic carbocycles. The molecule has 1 saturated heterocycles. The van der Waals surface area contributed by atoms with Gasteiger partial charge in [0.25, 0.3) is 23.8 Å². The summed E-state index contributed by atoms with van der Waals surface area (Å²) in [6.07, 6.45) is -1.88. The van der Waals surface area contributed by atoms with Crippen LogP contribution in [0.15, 0.2) is 47.4 Å². The van der Waals surface area contributed by atoms with Crippen LogP contribution in [0.25, 0.3) is 0 Å². The van der Waals surface area contributed by atoms with Gasteiger partial charge in [-0.05, 0) is 29.8 Å². The van der Waals surface area contributed by atoms with Gasteiger partial charge in [0.15, 0.2) is 5.82 Å². The third-order valence-electron chi connectivity index (χ3n) is 5.59. The molecule has 0 bridgehead atoms. The molecule has 7 nitrogen and oxygen atoms in total. The van der Waals surface area contributed by atoms with Crippen molar-refractivity contribution in [2.45, 2.75) is 18.9 Å². The third kappa shape index (κ3) is 5.35. The van der Waals surface area contributed by atoms with Gasteiger partial charge in [-0.1, -0.05) is 17.7 Å². The van der Waals surface area contributed by atoms with Gasteiger partial charge in [-0.3, -0.25) is 14.4 Å². The summed E-state index contributed by atoms with van der Waals surface area (Å²) < 4.78 is 40.1. The molecule has 0 spiro atoms. The first-order valence-electron chi connectivity index (χ1n) is 10.5. The number of hydrogen-bond donors (Lipinski definition) is 2. The van der Waals surface area contributed by atoms with E-state index in [1.807, 2.05) is 6.07 Å². The Morgan fingerprint density at radius 3 is 2.63 bits per heavy atom. The van der Waals surface area contributed by atoms with Crippen LogP contribution in [0.4, 0.5) is 24.5 Å². The lowest BCUT2D eigenvalue weighted by Gasteiger charge is -2.41. The average Bonchev–Trinajstić information content (AvgIpc) is 3.17. The predicted octanol–water partition coefficient (Wildman–Crippen LogP) is 4.18. The maximum atomic E-state index is 13.9. The summed E-state index contributed by atoms with van der Waals surface area (Å²) in [5.41, 5.74) is 0.920. The Labute approximate surface area is 207 Å². The van der Waals surface area contributed by atoms with E-state index in [1.165, 1.54) is 0 Å². The summed E-state index contributed by atoms with van der Waals surface area (Å²) in [4.78, 5) is 38.6. The first-order valence-corrected chi connectivity index (χ1v) is 11.7. The van der Waals surface area contributed by atoms with E-state index < -0.39 is 30.3 Å². The van der Waals surface area contributed by atoms with Crippen LogP contribution in [0.1, 0.15) is 31.5 Å². The molecule has 0 radical (unpaired) electrons. The number of carbonyl (C=O) groups excluding carboxylic acids is 2. The molecule has 0 atom stereocenters. The lowest BCUT2D eigenvalue weighted by atomic mass is 9.92. The highest BCUT2D eigenvalue weighted by molar-refractivity contribution is 7.18. The molecule has 1 aliphatic heterocycles. The molecule has 12 heteroatoms. The van der Waals surface area contributed by atoms with Crippen molar-refractivity contribution in [3.05, 3.63) is 79.1 Å². The number of aromatic nitrogens is 1. The van der Waals surface area contributed by atoms with Crippen molar-refractivity contribution in [3.8, 4) is 0 Å². The number of hydrogen-bond acceptors (Lipinski definition) is 5. The fourth-order valence-electron chi connectivity index (χ4n) is 3.79. The first kappa shape index (κ1) is 24.8. The number of pyridine rings is 1. The van der Waals surface area contributed by atoms with E-state index >= 15 is 0 Å². The lowest BCUT2D eigenvalue weighted by Crippen LogP contribution is -2.45. The molecule has 3 aromatic rings. The topological polar surface area (TPSA) is 83.4 Å². The molecule has 184 valence electrons. The van der Waals surface area contributed by atoms with Crippen molar-refractivity contribution in [1.82, 2.24) is 9.88 Å². The van der Waals surface area contributed by atoms with Gasteiger partial charge in [0.1, 0.15) is 0 Å². The van der Waals surface area contributed by atoms with Crippen LogP contribution < -0.4 is 21.1 Å². The summed E-state index contributed by atoms with van der Waals surface area (Å²) in [7, 11) is 1.57. The van der Waals surface area contributed by atoms with Crippen LogP contribution in [-0.4, -0.2) is 42.9 Å². The monoisotopic (exact) mass is 524 g/mol. The first-order chi connectivity index (χ1) is 16.7. The van der Waals surface area contributed by atoms with Crippen LogP contribution in [0, 0.1) is 5.82 Å². The number of halogens is 4. The lowest BCUT2D eigenvalue weighted by molar-refractivity contribution is 0.0962. The second-order valence-electron chi connectivity index (χ2n) is 7.95. The Balaban J connectivity index is 1.44. The highest BCUT2D eigenvalue weighted by atomic mass is 35.5. The highest BCUT2D eigenvalue weighted by Gasteiger charge is 2.32. The SMILES string of the molecule is CNC(=O)c1cccc(N2CC(c3cc(C(=O)Nc4cc(F)c(=O)n(CC(F)F)c4)sc3Cl)C2)c1.